The predicted molar refractivity (Wildman–Crippen MR) is 195 cm³/mol. The number of pyridine rings is 2. The van der Waals surface area contributed by atoms with E-state index in [1.165, 1.54) is 37.6 Å². The number of aromatic nitrogens is 4. The van der Waals surface area contributed by atoms with Crippen LogP contribution in [0.25, 0.3) is 11.5 Å². The lowest BCUT2D eigenvalue weighted by atomic mass is 10.2. The summed E-state index contributed by atoms with van der Waals surface area (Å²) in [6.45, 7) is 3.74. The van der Waals surface area contributed by atoms with E-state index >= 15 is 0 Å². The Morgan fingerprint density at radius 2 is 1.42 bits per heavy atom. The third-order valence-electron chi connectivity index (χ3n) is 6.78. The number of benzene rings is 2. The van der Waals surface area contributed by atoms with Gasteiger partial charge in [-0.25, -0.2) is 13.6 Å². The maximum absolute atomic E-state index is 13.1. The van der Waals surface area contributed by atoms with Crippen LogP contribution in [0.5, 0.6) is 0 Å². The Bertz CT molecular complexity index is 2050. The summed E-state index contributed by atoms with van der Waals surface area (Å²) < 4.78 is 41.1. The average molecular weight is 747 g/mol. The Morgan fingerprint density at radius 3 is 1.81 bits per heavy atom. The normalized spacial score (nSPS) is 11.3. The van der Waals surface area contributed by atoms with Crippen molar-refractivity contribution in [3.05, 3.63) is 131 Å². The van der Waals surface area contributed by atoms with E-state index in [-0.39, 0.29) is 36.0 Å². The van der Waals surface area contributed by atoms with Gasteiger partial charge in [-0.15, -0.1) is 12.4 Å². The minimum absolute atomic E-state index is 0. The van der Waals surface area contributed by atoms with E-state index in [0.717, 1.165) is 6.42 Å². The smallest absolute Gasteiger partial charge is 0.332 e. The summed E-state index contributed by atoms with van der Waals surface area (Å²) in [6, 6.07) is 19.0. The number of hydrogen-bond donors (Lipinski definition) is 3. The van der Waals surface area contributed by atoms with Gasteiger partial charge < -0.3 is 30.0 Å². The molecule has 53 heavy (non-hydrogen) atoms. The molecule has 0 radical (unpaired) electrons. The van der Waals surface area contributed by atoms with Crippen LogP contribution in [-0.4, -0.2) is 62.6 Å². The SMILES string of the molecule is CCC(OC)C(=O)O.CCC(OC)c1nc(-c2ccc(C#Cc3cccc(F)c3)cn2)no1.Cl.N/C(=N\O)c1ccc(C#Cc2cccc(F)c2)cn1. The van der Waals surface area contributed by atoms with Crippen LogP contribution >= 0.6 is 12.4 Å². The topological polar surface area (TPSA) is 179 Å². The third-order valence-corrected chi connectivity index (χ3v) is 6.78. The molecular weight excluding hydrogens is 710 g/mol. The minimum atomic E-state index is -0.894. The lowest BCUT2D eigenvalue weighted by Gasteiger charge is -2.05. The molecule has 2 aromatic carbocycles. The fourth-order valence-electron chi connectivity index (χ4n) is 4.05. The van der Waals surface area contributed by atoms with Crippen molar-refractivity contribution in [3.63, 3.8) is 0 Å². The highest BCUT2D eigenvalue weighted by atomic mass is 35.5. The molecular formula is C38H37ClF2N6O6. The van der Waals surface area contributed by atoms with E-state index in [1.807, 2.05) is 6.92 Å². The number of amidine groups is 1. The lowest BCUT2D eigenvalue weighted by molar-refractivity contribution is -0.148. The second-order valence-corrected chi connectivity index (χ2v) is 10.4. The number of hydrogen-bond acceptors (Lipinski definition) is 10. The van der Waals surface area contributed by atoms with E-state index in [4.69, 9.17) is 25.3 Å². The number of nitrogens with zero attached hydrogens (tertiary/aromatic N) is 5. The van der Waals surface area contributed by atoms with Crippen LogP contribution in [0.15, 0.2) is 94.9 Å². The van der Waals surface area contributed by atoms with E-state index in [2.05, 4.69) is 53.7 Å². The van der Waals surface area contributed by atoms with Gasteiger partial charge in [0.05, 0.1) is 0 Å². The van der Waals surface area contributed by atoms with Crippen molar-refractivity contribution in [1.29, 1.82) is 0 Å². The molecule has 3 heterocycles. The number of halogens is 3. The fraction of sp³-hybridized carbons (Fsp3) is 0.211. The molecule has 0 saturated carbocycles. The number of carbonyl (C=O) groups is 1. The van der Waals surface area contributed by atoms with Crippen molar-refractivity contribution in [2.45, 2.75) is 38.9 Å². The molecule has 0 fully saturated rings. The van der Waals surface area contributed by atoms with Crippen molar-refractivity contribution in [1.82, 2.24) is 20.1 Å². The maximum atomic E-state index is 13.1. The number of carboxylic acids is 1. The Hall–Kier alpha value is -6.19. The van der Waals surface area contributed by atoms with Crippen LogP contribution in [0.2, 0.25) is 0 Å². The monoisotopic (exact) mass is 746 g/mol. The summed E-state index contributed by atoms with van der Waals surface area (Å²) in [5, 5.41) is 23.5. The molecule has 15 heteroatoms. The number of rotatable bonds is 8. The second-order valence-electron chi connectivity index (χ2n) is 10.4. The van der Waals surface area contributed by atoms with Gasteiger partial charge >= 0.3 is 5.97 Å². The summed E-state index contributed by atoms with van der Waals surface area (Å²) >= 11 is 0. The predicted octanol–water partition coefficient (Wildman–Crippen LogP) is 6.40. The number of carboxylic acid groups (broad SMARTS) is 1. The summed E-state index contributed by atoms with van der Waals surface area (Å²) in [7, 11) is 2.99. The summed E-state index contributed by atoms with van der Waals surface area (Å²) in [6.07, 6.45) is 3.52. The molecule has 3 aromatic heterocycles. The zero-order chi connectivity index (χ0) is 37.9. The number of oxime groups is 1. The molecule has 0 bridgehead atoms. The van der Waals surface area contributed by atoms with Gasteiger partial charge in [-0.05, 0) is 73.5 Å². The molecule has 2 unspecified atom stereocenters. The molecule has 0 spiro atoms. The Morgan fingerprint density at radius 1 is 0.849 bits per heavy atom. The molecule has 0 amide bonds. The standard InChI is InChI=1S/C19H16FN3O2.C14H10FN3O.C5H10O3.ClH/c1-3-17(24-2)19-22-18(23-25-19)16-10-9-14(12-21-16)8-7-13-5-4-6-15(20)11-13;15-12-3-1-2-10(8-12)4-5-11-6-7-13(17-9-11)14(16)18-19;1-3-4(8-2)5(6)7;/h4-6,9-12,17H,3H2,1-2H3;1-3,6-9,19H,(H2,16,18);4H,3H2,1-2H3,(H,6,7);1H. The zero-order valence-electron chi connectivity index (χ0n) is 29.2. The highest BCUT2D eigenvalue weighted by Crippen LogP contribution is 2.21. The Balaban J connectivity index is 0.000000307. The Labute approximate surface area is 311 Å². The zero-order valence-corrected chi connectivity index (χ0v) is 30.0. The summed E-state index contributed by atoms with van der Waals surface area (Å²) in [5.41, 5.74) is 8.88. The van der Waals surface area contributed by atoms with Gasteiger partial charge in [0.2, 0.25) is 5.82 Å². The molecule has 12 nitrogen and oxygen atoms in total. The van der Waals surface area contributed by atoms with Crippen LogP contribution in [0.1, 0.15) is 66.6 Å². The third kappa shape index (κ3) is 14.2. The van der Waals surface area contributed by atoms with Crippen molar-refractivity contribution in [2.75, 3.05) is 14.2 Å². The Kier molecular flexibility index (Phi) is 18.3. The quantitative estimate of drug-likeness (QED) is 0.0526. The van der Waals surface area contributed by atoms with Gasteiger partial charge in [0.15, 0.2) is 11.9 Å². The second kappa shape index (κ2) is 22.6. The van der Waals surface area contributed by atoms with Crippen LogP contribution in [0.3, 0.4) is 0 Å². The van der Waals surface area contributed by atoms with Gasteiger partial charge in [0.25, 0.3) is 5.89 Å². The molecule has 0 aliphatic carbocycles. The largest absolute Gasteiger partial charge is 0.479 e. The number of ether oxygens (including phenoxy) is 2. The first-order valence-corrected chi connectivity index (χ1v) is 15.7. The van der Waals surface area contributed by atoms with Crippen molar-refractivity contribution < 1.29 is 37.9 Å². The number of nitrogens with two attached hydrogens (primary N) is 1. The van der Waals surface area contributed by atoms with Gasteiger partial charge in [-0.3, -0.25) is 9.97 Å². The lowest BCUT2D eigenvalue weighted by Crippen LogP contribution is -2.20. The van der Waals surface area contributed by atoms with E-state index < -0.39 is 12.1 Å². The first-order valence-electron chi connectivity index (χ1n) is 15.7. The van der Waals surface area contributed by atoms with Gasteiger partial charge in [0, 0.05) is 48.9 Å². The van der Waals surface area contributed by atoms with Crippen LogP contribution < -0.4 is 5.73 Å². The van der Waals surface area contributed by atoms with Crippen LogP contribution in [-0.2, 0) is 14.3 Å². The average Bonchev–Trinajstić information content (AvgIpc) is 3.65. The van der Waals surface area contributed by atoms with Gasteiger partial charge in [0.1, 0.15) is 29.1 Å². The highest BCUT2D eigenvalue weighted by Gasteiger charge is 2.17. The first kappa shape index (κ1) is 43.0. The molecule has 0 saturated heterocycles. The molecule has 276 valence electrons. The van der Waals surface area contributed by atoms with Crippen molar-refractivity contribution in [3.8, 4) is 35.2 Å². The molecule has 2 atom stereocenters. The van der Waals surface area contributed by atoms with Crippen molar-refractivity contribution in [2.24, 2.45) is 10.9 Å². The molecule has 5 rings (SSSR count). The molecule has 5 aromatic rings. The molecule has 0 aliphatic rings. The number of methoxy groups -OCH3 is 2. The minimum Gasteiger partial charge on any atom is -0.479 e. The van der Waals surface area contributed by atoms with E-state index in [1.54, 1.807) is 68.8 Å². The summed E-state index contributed by atoms with van der Waals surface area (Å²) in [5.74, 6) is 10.7. The van der Waals surface area contributed by atoms with Crippen LogP contribution in [0, 0.1) is 35.3 Å². The number of aliphatic carboxylic acids is 1. The first-order chi connectivity index (χ1) is 25.1. The molecule has 0 aliphatic heterocycles. The highest BCUT2D eigenvalue weighted by molar-refractivity contribution is 5.95. The van der Waals surface area contributed by atoms with Gasteiger partial charge in [-0.1, -0.05) is 60.0 Å². The fourth-order valence-corrected chi connectivity index (χ4v) is 4.05. The summed E-state index contributed by atoms with van der Waals surface area (Å²) in [4.78, 5) is 22.6. The van der Waals surface area contributed by atoms with Gasteiger partial charge in [-0.2, -0.15) is 4.98 Å². The van der Waals surface area contributed by atoms with Crippen LogP contribution in [0.4, 0.5) is 8.78 Å². The maximum Gasteiger partial charge on any atom is 0.332 e. The molecule has 4 N–H and O–H groups in total. The van der Waals surface area contributed by atoms with Crippen molar-refractivity contribution >= 4 is 24.2 Å². The van der Waals surface area contributed by atoms with E-state index in [9.17, 15) is 13.6 Å². The van der Waals surface area contributed by atoms with E-state index in [0.29, 0.717) is 51.8 Å².